The maximum Gasteiger partial charge on any atom is 0.191 e. The van der Waals surface area contributed by atoms with Crippen LogP contribution in [0.15, 0.2) is 84.9 Å². The molecule has 0 amide bonds. The van der Waals surface area contributed by atoms with Crippen LogP contribution >= 0.6 is 0 Å². The second-order valence-electron chi connectivity index (χ2n) is 10.1. The van der Waals surface area contributed by atoms with Gasteiger partial charge in [0.15, 0.2) is 5.78 Å². The molecule has 2 N–H and O–H groups in total. The molecule has 0 saturated carbocycles. The van der Waals surface area contributed by atoms with Gasteiger partial charge in [-0.1, -0.05) is 79.7 Å². The van der Waals surface area contributed by atoms with Crippen LogP contribution < -0.4 is 4.74 Å². The van der Waals surface area contributed by atoms with Crippen molar-refractivity contribution in [2.75, 3.05) is 32.8 Å². The van der Waals surface area contributed by atoms with Gasteiger partial charge in [-0.05, 0) is 42.5 Å². The van der Waals surface area contributed by atoms with Gasteiger partial charge in [-0.2, -0.15) is 0 Å². The van der Waals surface area contributed by atoms with Gasteiger partial charge in [0.05, 0.1) is 24.9 Å². The summed E-state index contributed by atoms with van der Waals surface area (Å²) in [4.78, 5) is 15.5. The number of hydrogen-bond donors (Lipinski definition) is 2. The van der Waals surface area contributed by atoms with Gasteiger partial charge in [0.25, 0.3) is 0 Å². The van der Waals surface area contributed by atoms with E-state index in [-0.39, 0.29) is 12.4 Å². The molecule has 202 valence electrons. The molecular formula is C32H39NO5. The maximum atomic E-state index is 13.3. The quantitative estimate of drug-likeness (QED) is 0.322. The Morgan fingerprint density at radius 3 is 2.34 bits per heavy atom. The molecule has 2 atom stereocenters. The number of carbonyl (C=O) groups is 1. The molecule has 0 aromatic heterocycles. The molecule has 2 unspecified atom stereocenters. The van der Waals surface area contributed by atoms with Crippen molar-refractivity contribution in [1.82, 2.24) is 4.90 Å². The van der Waals surface area contributed by atoms with E-state index < -0.39 is 17.8 Å². The van der Waals surface area contributed by atoms with Crippen molar-refractivity contribution in [2.45, 2.75) is 50.4 Å². The molecule has 38 heavy (non-hydrogen) atoms. The van der Waals surface area contributed by atoms with Crippen molar-refractivity contribution in [2.24, 2.45) is 0 Å². The van der Waals surface area contributed by atoms with E-state index in [0.717, 1.165) is 23.3 Å². The van der Waals surface area contributed by atoms with Crippen LogP contribution in [-0.2, 0) is 16.8 Å². The van der Waals surface area contributed by atoms with Gasteiger partial charge in [0.2, 0.25) is 0 Å². The largest absolute Gasteiger partial charge is 0.494 e. The van der Waals surface area contributed by atoms with Crippen LogP contribution in [-0.4, -0.2) is 66.0 Å². The number of likely N-dealkylation sites (tertiary alicyclic amines) is 1. The minimum absolute atomic E-state index is 0.0503. The molecule has 0 spiro atoms. The van der Waals surface area contributed by atoms with Crippen LogP contribution in [0.25, 0.3) is 0 Å². The van der Waals surface area contributed by atoms with Crippen molar-refractivity contribution >= 4 is 5.78 Å². The highest BCUT2D eigenvalue weighted by molar-refractivity contribution is 5.99. The Morgan fingerprint density at radius 2 is 1.66 bits per heavy atom. The highest BCUT2D eigenvalue weighted by atomic mass is 16.5. The number of β-amino-alcohol motifs (C(OH)–C–C–N with tert-alkyl or cyclic N) is 1. The standard InChI is InChI=1S/C32H39NO5/c1-2-20-37-29-15-9-10-25(21-29)22-30(31(35)26-11-5-3-6-12-26)38-24-28(34)23-33-18-16-32(36,17-19-33)27-13-7-4-8-14-27/h3-15,21,28,30,34,36H,2,16-20,22-24H2,1H3. The van der Waals surface area contributed by atoms with E-state index in [9.17, 15) is 15.0 Å². The highest BCUT2D eigenvalue weighted by Gasteiger charge is 2.34. The fourth-order valence-corrected chi connectivity index (χ4v) is 4.93. The van der Waals surface area contributed by atoms with E-state index in [1.165, 1.54) is 0 Å². The summed E-state index contributed by atoms with van der Waals surface area (Å²) in [6.45, 7) is 4.54. The smallest absolute Gasteiger partial charge is 0.191 e. The Hall–Kier alpha value is -3.03. The van der Waals surface area contributed by atoms with Crippen molar-refractivity contribution in [3.05, 3.63) is 102 Å². The Balaban J connectivity index is 1.35. The number of aliphatic hydroxyl groups excluding tert-OH is 1. The molecule has 1 aliphatic heterocycles. The van der Waals surface area contributed by atoms with Crippen LogP contribution in [0.4, 0.5) is 0 Å². The van der Waals surface area contributed by atoms with Crippen LogP contribution in [0.5, 0.6) is 5.75 Å². The zero-order chi connectivity index (χ0) is 26.8. The van der Waals surface area contributed by atoms with Crippen molar-refractivity contribution < 1.29 is 24.5 Å². The van der Waals surface area contributed by atoms with Crippen LogP contribution in [0.1, 0.15) is 47.7 Å². The lowest BCUT2D eigenvalue weighted by Crippen LogP contribution is -2.46. The average molecular weight is 518 g/mol. The van der Waals surface area contributed by atoms with Crippen LogP contribution in [0.3, 0.4) is 0 Å². The first-order valence-corrected chi connectivity index (χ1v) is 13.6. The third-order valence-corrected chi connectivity index (χ3v) is 7.10. The summed E-state index contributed by atoms with van der Waals surface area (Å²) >= 11 is 0. The molecule has 1 saturated heterocycles. The lowest BCUT2D eigenvalue weighted by Gasteiger charge is -2.39. The van der Waals surface area contributed by atoms with Gasteiger partial charge >= 0.3 is 0 Å². The van der Waals surface area contributed by atoms with Gasteiger partial charge in [0.1, 0.15) is 11.9 Å². The van der Waals surface area contributed by atoms with E-state index in [1.54, 1.807) is 12.1 Å². The number of piperidine rings is 1. The number of carbonyl (C=O) groups excluding carboxylic acids is 1. The molecule has 3 aromatic carbocycles. The summed E-state index contributed by atoms with van der Waals surface area (Å²) in [6.07, 6.45) is 1.05. The van der Waals surface area contributed by atoms with Gasteiger partial charge in [-0.15, -0.1) is 0 Å². The fraction of sp³-hybridized carbons (Fsp3) is 0.406. The zero-order valence-electron chi connectivity index (χ0n) is 22.2. The highest BCUT2D eigenvalue weighted by Crippen LogP contribution is 2.32. The monoisotopic (exact) mass is 517 g/mol. The Kier molecular flexibility index (Phi) is 10.1. The molecule has 0 aliphatic carbocycles. The van der Waals surface area contributed by atoms with Gasteiger partial charge in [-0.3, -0.25) is 4.79 Å². The minimum Gasteiger partial charge on any atom is -0.494 e. The average Bonchev–Trinajstić information content (AvgIpc) is 2.96. The number of Topliss-reactive ketones (excluding diaryl/α,β-unsaturated/α-hetero) is 1. The summed E-state index contributed by atoms with van der Waals surface area (Å²) in [5.41, 5.74) is 1.64. The van der Waals surface area contributed by atoms with E-state index in [4.69, 9.17) is 9.47 Å². The molecular weight excluding hydrogens is 478 g/mol. The minimum atomic E-state index is -0.832. The zero-order valence-corrected chi connectivity index (χ0v) is 22.2. The van der Waals surface area contributed by atoms with Gasteiger partial charge < -0.3 is 24.6 Å². The number of aliphatic hydroxyl groups is 2. The lowest BCUT2D eigenvalue weighted by molar-refractivity contribution is -0.0483. The molecule has 0 radical (unpaired) electrons. The first kappa shape index (κ1) is 28.0. The van der Waals surface area contributed by atoms with Crippen LogP contribution in [0.2, 0.25) is 0 Å². The fourth-order valence-electron chi connectivity index (χ4n) is 4.93. The number of rotatable bonds is 13. The molecule has 3 aromatic rings. The number of ether oxygens (including phenoxy) is 2. The predicted molar refractivity (Wildman–Crippen MR) is 148 cm³/mol. The van der Waals surface area contributed by atoms with Gasteiger partial charge in [0, 0.05) is 31.6 Å². The Labute approximate surface area is 225 Å². The number of ketones is 1. The predicted octanol–water partition coefficient (Wildman–Crippen LogP) is 4.63. The Morgan fingerprint density at radius 1 is 0.974 bits per heavy atom. The molecule has 1 fully saturated rings. The first-order chi connectivity index (χ1) is 18.5. The van der Waals surface area contributed by atoms with E-state index in [1.807, 2.05) is 72.8 Å². The molecule has 6 nitrogen and oxygen atoms in total. The number of nitrogens with zero attached hydrogens (tertiary/aromatic N) is 1. The summed E-state index contributed by atoms with van der Waals surface area (Å²) < 4.78 is 11.8. The summed E-state index contributed by atoms with van der Waals surface area (Å²) in [6, 6.07) is 26.7. The molecule has 0 bridgehead atoms. The number of hydrogen-bond acceptors (Lipinski definition) is 6. The maximum absolute atomic E-state index is 13.3. The summed E-state index contributed by atoms with van der Waals surface area (Å²) in [7, 11) is 0. The SMILES string of the molecule is CCCOc1cccc(CC(OCC(O)CN2CCC(O)(c3ccccc3)CC2)C(=O)c2ccccc2)c1. The number of benzene rings is 3. The second kappa shape index (κ2) is 13.7. The van der Waals surface area contributed by atoms with E-state index >= 15 is 0 Å². The molecule has 4 rings (SSSR count). The molecule has 1 aliphatic rings. The van der Waals surface area contributed by atoms with Crippen molar-refractivity contribution in [1.29, 1.82) is 0 Å². The normalized spacial score (nSPS) is 17.0. The van der Waals surface area contributed by atoms with Gasteiger partial charge in [-0.25, -0.2) is 0 Å². The third-order valence-electron chi connectivity index (χ3n) is 7.10. The van der Waals surface area contributed by atoms with E-state index in [2.05, 4.69) is 11.8 Å². The van der Waals surface area contributed by atoms with Crippen molar-refractivity contribution in [3.8, 4) is 5.75 Å². The topological polar surface area (TPSA) is 79.2 Å². The summed E-state index contributed by atoms with van der Waals surface area (Å²) in [5, 5.41) is 21.9. The molecule has 1 heterocycles. The molecule has 6 heteroatoms. The summed E-state index contributed by atoms with van der Waals surface area (Å²) in [5.74, 6) is 0.666. The first-order valence-electron chi connectivity index (χ1n) is 13.6. The second-order valence-corrected chi connectivity index (χ2v) is 10.1. The lowest BCUT2D eigenvalue weighted by atomic mass is 9.84. The Bertz CT molecular complexity index is 1130. The third kappa shape index (κ3) is 7.74. The van der Waals surface area contributed by atoms with E-state index in [0.29, 0.717) is 51.1 Å². The van der Waals surface area contributed by atoms with Crippen LogP contribution in [0, 0.1) is 0 Å². The van der Waals surface area contributed by atoms with Crippen molar-refractivity contribution in [3.63, 3.8) is 0 Å².